The normalized spacial score (nSPS) is 17.8. The number of hydrogen-bond donors (Lipinski definition) is 2. The fourth-order valence-corrected chi connectivity index (χ4v) is 1.71. The van der Waals surface area contributed by atoms with Crippen molar-refractivity contribution in [2.75, 3.05) is 0 Å². The van der Waals surface area contributed by atoms with Crippen molar-refractivity contribution >= 4 is 5.97 Å². The van der Waals surface area contributed by atoms with Crippen molar-refractivity contribution in [2.24, 2.45) is 5.73 Å². The Morgan fingerprint density at radius 2 is 2.12 bits per heavy atom. The van der Waals surface area contributed by atoms with E-state index in [1.165, 1.54) is 19.3 Å². The van der Waals surface area contributed by atoms with E-state index in [9.17, 15) is 4.79 Å². The van der Waals surface area contributed by atoms with Crippen molar-refractivity contribution in [3.05, 3.63) is 23.8 Å². The van der Waals surface area contributed by atoms with Crippen LogP contribution < -0.4 is 5.73 Å². The van der Waals surface area contributed by atoms with Crippen molar-refractivity contribution in [2.45, 2.75) is 37.6 Å². The average molecular weight is 221 g/mol. The Bertz CT molecular complexity index is 373. The summed E-state index contributed by atoms with van der Waals surface area (Å²) in [7, 11) is 0. The van der Waals surface area contributed by atoms with Gasteiger partial charge in [0, 0.05) is 18.8 Å². The summed E-state index contributed by atoms with van der Waals surface area (Å²) >= 11 is 0. The third kappa shape index (κ3) is 2.36. The zero-order valence-corrected chi connectivity index (χ0v) is 8.97. The Labute approximate surface area is 93.7 Å². The maximum Gasteiger partial charge on any atom is 0.320 e. The molecule has 1 aromatic rings. The van der Waals surface area contributed by atoms with E-state index < -0.39 is 12.0 Å². The van der Waals surface area contributed by atoms with Crippen molar-refractivity contribution in [3.63, 3.8) is 0 Å². The number of carboxylic acids is 1. The first-order chi connectivity index (χ1) is 7.66. The topological polar surface area (TPSA) is 89.1 Å². The summed E-state index contributed by atoms with van der Waals surface area (Å²) in [4.78, 5) is 18.9. The lowest BCUT2D eigenvalue weighted by Crippen LogP contribution is -2.32. The highest BCUT2D eigenvalue weighted by molar-refractivity contribution is 5.73. The molecule has 0 saturated heterocycles. The van der Waals surface area contributed by atoms with Crippen LogP contribution in [0.4, 0.5) is 0 Å². The SMILES string of the molecule is NC(Cc1ncc(C2CCC2)cn1)C(=O)O. The number of carboxylic acid groups (broad SMARTS) is 1. The molecule has 3 N–H and O–H groups in total. The molecule has 1 saturated carbocycles. The number of aromatic nitrogens is 2. The van der Waals surface area contributed by atoms with Crippen LogP contribution in [-0.2, 0) is 11.2 Å². The van der Waals surface area contributed by atoms with Crippen LogP contribution in [0.15, 0.2) is 12.4 Å². The highest BCUT2D eigenvalue weighted by atomic mass is 16.4. The Morgan fingerprint density at radius 3 is 2.56 bits per heavy atom. The van der Waals surface area contributed by atoms with Crippen LogP contribution in [0.1, 0.15) is 36.6 Å². The van der Waals surface area contributed by atoms with Crippen LogP contribution in [0.3, 0.4) is 0 Å². The number of nitrogens with two attached hydrogens (primary N) is 1. The minimum absolute atomic E-state index is 0.181. The van der Waals surface area contributed by atoms with Gasteiger partial charge in [-0.25, -0.2) is 9.97 Å². The summed E-state index contributed by atoms with van der Waals surface area (Å²) in [6.07, 6.45) is 7.45. The van der Waals surface area contributed by atoms with Gasteiger partial charge in [0.25, 0.3) is 0 Å². The van der Waals surface area contributed by atoms with Crippen molar-refractivity contribution in [3.8, 4) is 0 Å². The molecule has 0 aromatic carbocycles. The second kappa shape index (κ2) is 4.57. The third-order valence-electron chi connectivity index (χ3n) is 3.02. The molecule has 1 fully saturated rings. The van der Waals surface area contributed by atoms with Crippen molar-refractivity contribution in [1.82, 2.24) is 9.97 Å². The molecule has 86 valence electrons. The van der Waals surface area contributed by atoms with Gasteiger partial charge in [-0.1, -0.05) is 6.42 Å². The van der Waals surface area contributed by atoms with Gasteiger partial charge in [-0.05, 0) is 24.3 Å². The van der Waals surface area contributed by atoms with Gasteiger partial charge < -0.3 is 10.8 Å². The van der Waals surface area contributed by atoms with Crippen molar-refractivity contribution < 1.29 is 9.90 Å². The number of nitrogens with zero attached hydrogens (tertiary/aromatic N) is 2. The molecule has 1 aliphatic rings. The number of carbonyl (C=O) groups is 1. The molecule has 1 unspecified atom stereocenters. The molecule has 0 aliphatic heterocycles. The summed E-state index contributed by atoms with van der Waals surface area (Å²) < 4.78 is 0. The predicted molar refractivity (Wildman–Crippen MR) is 57.9 cm³/mol. The second-order valence-corrected chi connectivity index (χ2v) is 4.21. The first kappa shape index (κ1) is 11.0. The highest BCUT2D eigenvalue weighted by Crippen LogP contribution is 2.35. The Kier molecular flexibility index (Phi) is 3.14. The lowest BCUT2D eigenvalue weighted by atomic mass is 9.81. The first-order valence-corrected chi connectivity index (χ1v) is 5.46. The van der Waals surface area contributed by atoms with Gasteiger partial charge in [0.1, 0.15) is 11.9 Å². The van der Waals surface area contributed by atoms with E-state index in [4.69, 9.17) is 10.8 Å². The van der Waals surface area contributed by atoms with E-state index in [0.717, 1.165) is 5.56 Å². The molecular weight excluding hydrogens is 206 g/mol. The quantitative estimate of drug-likeness (QED) is 0.781. The van der Waals surface area contributed by atoms with Crippen LogP contribution in [0.5, 0.6) is 0 Å². The smallest absolute Gasteiger partial charge is 0.320 e. The van der Waals surface area contributed by atoms with Crippen LogP contribution in [0.2, 0.25) is 0 Å². The summed E-state index contributed by atoms with van der Waals surface area (Å²) in [6.45, 7) is 0. The molecular formula is C11H15N3O2. The molecule has 5 nitrogen and oxygen atoms in total. The lowest BCUT2D eigenvalue weighted by molar-refractivity contribution is -0.138. The zero-order valence-electron chi connectivity index (χ0n) is 8.97. The van der Waals surface area contributed by atoms with Crippen LogP contribution in [0.25, 0.3) is 0 Å². The monoisotopic (exact) mass is 221 g/mol. The van der Waals surface area contributed by atoms with Gasteiger partial charge in [0.2, 0.25) is 0 Å². The van der Waals surface area contributed by atoms with Gasteiger partial charge in [-0.2, -0.15) is 0 Å². The summed E-state index contributed by atoms with van der Waals surface area (Å²) in [6, 6.07) is -0.922. The summed E-state index contributed by atoms with van der Waals surface area (Å²) in [5.74, 6) is 0.0758. The zero-order chi connectivity index (χ0) is 11.5. The van der Waals surface area contributed by atoms with E-state index in [-0.39, 0.29) is 6.42 Å². The molecule has 0 radical (unpaired) electrons. The minimum atomic E-state index is -1.02. The van der Waals surface area contributed by atoms with E-state index in [1.54, 1.807) is 12.4 Å². The molecule has 1 aromatic heterocycles. The van der Waals surface area contributed by atoms with Gasteiger partial charge >= 0.3 is 5.97 Å². The average Bonchev–Trinajstić information content (AvgIpc) is 2.18. The molecule has 16 heavy (non-hydrogen) atoms. The summed E-state index contributed by atoms with van der Waals surface area (Å²) in [5.41, 5.74) is 6.56. The minimum Gasteiger partial charge on any atom is -0.480 e. The standard InChI is InChI=1S/C11H15N3O2/c12-9(11(15)16)4-10-13-5-8(6-14-10)7-2-1-3-7/h5-7,9H,1-4,12H2,(H,15,16). The fourth-order valence-electron chi connectivity index (χ4n) is 1.71. The van der Waals surface area contributed by atoms with E-state index in [0.29, 0.717) is 11.7 Å². The van der Waals surface area contributed by atoms with E-state index in [2.05, 4.69) is 9.97 Å². The molecule has 1 atom stereocenters. The highest BCUT2D eigenvalue weighted by Gasteiger charge is 2.20. The third-order valence-corrected chi connectivity index (χ3v) is 3.02. The van der Waals surface area contributed by atoms with E-state index >= 15 is 0 Å². The maximum atomic E-state index is 10.6. The lowest BCUT2D eigenvalue weighted by Gasteiger charge is -2.24. The second-order valence-electron chi connectivity index (χ2n) is 4.21. The number of aliphatic carboxylic acids is 1. The summed E-state index contributed by atoms with van der Waals surface area (Å²) in [5, 5.41) is 8.65. The molecule has 1 heterocycles. The van der Waals surface area contributed by atoms with Gasteiger partial charge in [-0.15, -0.1) is 0 Å². The molecule has 0 spiro atoms. The van der Waals surface area contributed by atoms with Crippen molar-refractivity contribution in [1.29, 1.82) is 0 Å². The predicted octanol–water partition coefficient (Wildman–Crippen LogP) is 0.698. The number of hydrogen-bond acceptors (Lipinski definition) is 4. The first-order valence-electron chi connectivity index (χ1n) is 5.46. The molecule has 2 rings (SSSR count). The fraction of sp³-hybridized carbons (Fsp3) is 0.545. The Balaban J connectivity index is 1.98. The van der Waals surface area contributed by atoms with Gasteiger partial charge in [-0.3, -0.25) is 4.79 Å². The van der Waals surface area contributed by atoms with E-state index in [1.807, 2.05) is 0 Å². The van der Waals surface area contributed by atoms with Crippen LogP contribution in [0, 0.1) is 0 Å². The molecule has 1 aliphatic carbocycles. The van der Waals surface area contributed by atoms with Crippen LogP contribution >= 0.6 is 0 Å². The molecule has 0 bridgehead atoms. The largest absolute Gasteiger partial charge is 0.480 e. The molecule has 5 heteroatoms. The molecule has 0 amide bonds. The van der Waals surface area contributed by atoms with Crippen LogP contribution in [-0.4, -0.2) is 27.1 Å². The van der Waals surface area contributed by atoms with Gasteiger partial charge in [0.15, 0.2) is 0 Å². The van der Waals surface area contributed by atoms with Gasteiger partial charge in [0.05, 0.1) is 0 Å². The Hall–Kier alpha value is -1.49. The Morgan fingerprint density at radius 1 is 1.50 bits per heavy atom. The maximum absolute atomic E-state index is 10.6. The number of rotatable bonds is 4.